The Kier molecular flexibility index (Phi) is 4.15. The van der Waals surface area contributed by atoms with Gasteiger partial charge in [0.2, 0.25) is 5.91 Å². The molecule has 0 spiro atoms. The third kappa shape index (κ3) is 2.85. The second-order valence-corrected chi connectivity index (χ2v) is 6.15. The molecule has 1 aliphatic carbocycles. The van der Waals surface area contributed by atoms with Crippen LogP contribution in [-0.4, -0.2) is 22.3 Å². The number of thiophene rings is 1. The van der Waals surface area contributed by atoms with Crippen LogP contribution in [0.25, 0.3) is 11.5 Å². The van der Waals surface area contributed by atoms with E-state index in [9.17, 15) is 9.59 Å². The molecule has 1 N–H and O–H groups in total. The van der Waals surface area contributed by atoms with E-state index >= 15 is 0 Å². The minimum atomic E-state index is -0.344. The van der Waals surface area contributed by atoms with Crippen LogP contribution in [0.15, 0.2) is 16.7 Å². The number of anilines is 1. The summed E-state index contributed by atoms with van der Waals surface area (Å²) in [6, 6.07) is 0. The van der Waals surface area contributed by atoms with Gasteiger partial charge in [0.15, 0.2) is 5.82 Å². The summed E-state index contributed by atoms with van der Waals surface area (Å²) >= 11 is 1.55. The Morgan fingerprint density at radius 3 is 2.91 bits per heavy atom. The maximum Gasteiger partial charge on any atom is 0.261 e. The molecule has 0 aromatic carbocycles. The Morgan fingerprint density at radius 1 is 1.36 bits per heavy atom. The fourth-order valence-corrected chi connectivity index (χ4v) is 3.84. The lowest BCUT2D eigenvalue weighted by Crippen LogP contribution is -2.07. The van der Waals surface area contributed by atoms with Crippen molar-refractivity contribution in [3.63, 3.8) is 0 Å². The molecular weight excluding hydrogens is 302 g/mol. The standard InChI is InChI=1S/C15H15N3O3S/c1-9-16-14(21-18-9)13-10-5-2-3-6-11(10)22-15(13)17-12(20)7-4-8-19/h4,7-8H,2-3,5-6H2,1H3,(H,17,20)/b7-4-. The maximum absolute atomic E-state index is 11.9. The Bertz CT molecular complexity index is 745. The number of nitrogens with zero attached hydrogens (tertiary/aromatic N) is 2. The van der Waals surface area contributed by atoms with Crippen molar-refractivity contribution in [1.82, 2.24) is 10.1 Å². The van der Waals surface area contributed by atoms with Gasteiger partial charge in [0.1, 0.15) is 11.3 Å². The summed E-state index contributed by atoms with van der Waals surface area (Å²) < 4.78 is 5.30. The number of aromatic nitrogens is 2. The fraction of sp³-hybridized carbons (Fsp3) is 0.333. The molecule has 114 valence electrons. The number of allylic oxidation sites excluding steroid dienone is 1. The van der Waals surface area contributed by atoms with Crippen molar-refractivity contribution in [3.05, 3.63) is 28.4 Å². The van der Waals surface area contributed by atoms with Crippen molar-refractivity contribution in [2.75, 3.05) is 5.32 Å². The minimum Gasteiger partial charge on any atom is -0.334 e. The molecule has 0 atom stereocenters. The zero-order valence-corrected chi connectivity index (χ0v) is 12.9. The van der Waals surface area contributed by atoms with Crippen LogP contribution in [0.3, 0.4) is 0 Å². The highest BCUT2D eigenvalue weighted by molar-refractivity contribution is 7.17. The smallest absolute Gasteiger partial charge is 0.261 e. The van der Waals surface area contributed by atoms with E-state index in [1.807, 2.05) is 0 Å². The fourth-order valence-electron chi connectivity index (χ4n) is 2.56. The van der Waals surface area contributed by atoms with Gasteiger partial charge >= 0.3 is 0 Å². The summed E-state index contributed by atoms with van der Waals surface area (Å²) in [4.78, 5) is 27.7. The van der Waals surface area contributed by atoms with E-state index < -0.39 is 0 Å². The Labute approximate surface area is 131 Å². The van der Waals surface area contributed by atoms with Crippen molar-refractivity contribution in [2.45, 2.75) is 32.6 Å². The molecule has 0 unspecified atom stereocenters. The van der Waals surface area contributed by atoms with Gasteiger partial charge in [-0.1, -0.05) is 5.16 Å². The average Bonchev–Trinajstić information content (AvgIpc) is 3.08. The molecule has 0 radical (unpaired) electrons. The maximum atomic E-state index is 11.9. The number of aryl methyl sites for hydroxylation is 2. The Hall–Kier alpha value is -2.28. The summed E-state index contributed by atoms with van der Waals surface area (Å²) in [6.45, 7) is 1.76. The van der Waals surface area contributed by atoms with Gasteiger partial charge in [-0.15, -0.1) is 11.3 Å². The summed E-state index contributed by atoms with van der Waals surface area (Å²) in [5.74, 6) is 0.652. The van der Waals surface area contributed by atoms with Gasteiger partial charge in [-0.25, -0.2) is 0 Å². The number of rotatable bonds is 4. The van der Waals surface area contributed by atoms with Crippen molar-refractivity contribution >= 4 is 28.5 Å². The molecule has 1 aliphatic rings. The van der Waals surface area contributed by atoms with E-state index in [0.717, 1.165) is 31.2 Å². The molecule has 0 bridgehead atoms. The number of carbonyl (C=O) groups is 2. The second-order valence-electron chi connectivity index (χ2n) is 5.05. The molecule has 22 heavy (non-hydrogen) atoms. The minimum absolute atomic E-state index is 0.344. The van der Waals surface area contributed by atoms with Gasteiger partial charge < -0.3 is 9.84 Å². The number of amides is 1. The number of carbonyl (C=O) groups excluding carboxylic acids is 2. The van der Waals surface area contributed by atoms with Crippen molar-refractivity contribution < 1.29 is 14.1 Å². The number of nitrogens with one attached hydrogen (secondary N) is 1. The number of fused-ring (bicyclic) bond motifs is 1. The lowest BCUT2D eigenvalue weighted by molar-refractivity contribution is -0.112. The van der Waals surface area contributed by atoms with E-state index in [1.165, 1.54) is 22.6 Å². The zero-order valence-electron chi connectivity index (χ0n) is 12.1. The first-order valence-electron chi connectivity index (χ1n) is 7.07. The van der Waals surface area contributed by atoms with Gasteiger partial charge in [0.05, 0.1) is 5.56 Å². The average molecular weight is 317 g/mol. The highest BCUT2D eigenvalue weighted by atomic mass is 32.1. The van der Waals surface area contributed by atoms with Crippen molar-refractivity contribution in [2.24, 2.45) is 0 Å². The molecule has 6 nitrogen and oxygen atoms in total. The van der Waals surface area contributed by atoms with E-state index in [4.69, 9.17) is 4.52 Å². The van der Waals surface area contributed by atoms with Gasteiger partial charge in [-0.05, 0) is 44.2 Å². The van der Waals surface area contributed by atoms with Gasteiger partial charge in [0.25, 0.3) is 5.89 Å². The van der Waals surface area contributed by atoms with Crippen LogP contribution < -0.4 is 5.32 Å². The first-order chi connectivity index (χ1) is 10.7. The van der Waals surface area contributed by atoms with Crippen LogP contribution in [0.5, 0.6) is 0 Å². The number of hydrogen-bond donors (Lipinski definition) is 1. The van der Waals surface area contributed by atoms with Gasteiger partial charge in [-0.2, -0.15) is 4.98 Å². The van der Waals surface area contributed by atoms with E-state index in [-0.39, 0.29) is 5.91 Å². The largest absolute Gasteiger partial charge is 0.334 e. The Balaban J connectivity index is 2.01. The molecular formula is C15H15N3O3S. The van der Waals surface area contributed by atoms with Crippen LogP contribution in [0.1, 0.15) is 29.1 Å². The van der Waals surface area contributed by atoms with Gasteiger partial charge in [0, 0.05) is 11.0 Å². The quantitative estimate of drug-likeness (QED) is 0.692. The molecule has 1 amide bonds. The lowest BCUT2D eigenvalue weighted by Gasteiger charge is -2.10. The van der Waals surface area contributed by atoms with E-state index in [2.05, 4.69) is 15.5 Å². The topological polar surface area (TPSA) is 85.1 Å². The predicted octanol–water partition coefficient (Wildman–Crippen LogP) is 2.68. The molecule has 0 aliphatic heterocycles. The molecule has 2 aromatic heterocycles. The molecule has 0 saturated carbocycles. The summed E-state index contributed by atoms with van der Waals surface area (Å²) in [5.41, 5.74) is 2.02. The van der Waals surface area contributed by atoms with Crippen molar-refractivity contribution in [1.29, 1.82) is 0 Å². The second kappa shape index (κ2) is 6.23. The number of hydrogen-bond acceptors (Lipinski definition) is 6. The number of aldehydes is 1. The third-order valence-electron chi connectivity index (χ3n) is 3.48. The van der Waals surface area contributed by atoms with Crippen LogP contribution in [0.4, 0.5) is 5.00 Å². The molecule has 2 aromatic rings. The van der Waals surface area contributed by atoms with Gasteiger partial charge in [-0.3, -0.25) is 9.59 Å². The molecule has 3 rings (SSSR count). The third-order valence-corrected chi connectivity index (χ3v) is 4.68. The molecule has 7 heteroatoms. The lowest BCUT2D eigenvalue weighted by atomic mass is 9.95. The molecule has 0 saturated heterocycles. The zero-order chi connectivity index (χ0) is 15.5. The molecule has 0 fully saturated rings. The summed E-state index contributed by atoms with van der Waals surface area (Å²) in [6.07, 6.45) is 7.15. The summed E-state index contributed by atoms with van der Waals surface area (Å²) in [5, 5.41) is 7.36. The van der Waals surface area contributed by atoms with Crippen LogP contribution >= 0.6 is 11.3 Å². The summed E-state index contributed by atoms with van der Waals surface area (Å²) in [7, 11) is 0. The SMILES string of the molecule is Cc1noc(-c2c(NC(=O)/C=C\C=O)sc3c2CCCC3)n1. The highest BCUT2D eigenvalue weighted by Crippen LogP contribution is 2.43. The van der Waals surface area contributed by atoms with E-state index in [0.29, 0.717) is 23.0 Å². The van der Waals surface area contributed by atoms with E-state index in [1.54, 1.807) is 18.3 Å². The van der Waals surface area contributed by atoms with Crippen LogP contribution in [0, 0.1) is 6.92 Å². The molecule has 2 heterocycles. The Morgan fingerprint density at radius 2 is 2.18 bits per heavy atom. The predicted molar refractivity (Wildman–Crippen MR) is 82.8 cm³/mol. The van der Waals surface area contributed by atoms with Crippen LogP contribution in [0.2, 0.25) is 0 Å². The normalized spacial score (nSPS) is 14.0. The first-order valence-corrected chi connectivity index (χ1v) is 7.88. The van der Waals surface area contributed by atoms with Crippen molar-refractivity contribution in [3.8, 4) is 11.5 Å². The first kappa shape index (κ1) is 14.6. The van der Waals surface area contributed by atoms with Crippen LogP contribution in [-0.2, 0) is 22.4 Å². The monoisotopic (exact) mass is 317 g/mol. The highest BCUT2D eigenvalue weighted by Gasteiger charge is 2.25.